The second-order valence-electron chi connectivity index (χ2n) is 6.47. The number of nitrogens with one attached hydrogen (secondary N) is 2. The zero-order valence-electron chi connectivity index (χ0n) is 14.5. The monoisotopic (exact) mass is 387 g/mol. The molecule has 6 nitrogen and oxygen atoms in total. The van der Waals surface area contributed by atoms with Crippen molar-refractivity contribution in [2.24, 2.45) is 0 Å². The topological polar surface area (TPSA) is 70.7 Å². The molecule has 8 heteroatoms. The van der Waals surface area contributed by atoms with Crippen LogP contribution in [-0.4, -0.2) is 61.6 Å². The first-order valence-electron chi connectivity index (χ1n) is 8.58. The summed E-state index contributed by atoms with van der Waals surface area (Å²) in [4.78, 5) is 28.4. The summed E-state index contributed by atoms with van der Waals surface area (Å²) in [5.41, 5.74) is 0. The summed E-state index contributed by atoms with van der Waals surface area (Å²) in [6.45, 7) is 5.56. The summed E-state index contributed by atoms with van der Waals surface area (Å²) >= 11 is 1.51. The molecule has 0 saturated carbocycles. The fourth-order valence-electron chi connectivity index (χ4n) is 3.18. The van der Waals surface area contributed by atoms with Gasteiger partial charge in [0.15, 0.2) is 0 Å². The Hall–Kier alpha value is -1.15. The van der Waals surface area contributed by atoms with Gasteiger partial charge in [-0.15, -0.1) is 23.7 Å². The molecule has 2 saturated heterocycles. The van der Waals surface area contributed by atoms with Crippen molar-refractivity contribution in [3.63, 3.8) is 0 Å². The summed E-state index contributed by atoms with van der Waals surface area (Å²) in [6.07, 6.45) is 2.12. The van der Waals surface area contributed by atoms with E-state index >= 15 is 0 Å². The highest BCUT2D eigenvalue weighted by molar-refractivity contribution is 7.13. The number of ether oxygens (including phenoxy) is 1. The lowest BCUT2D eigenvalue weighted by molar-refractivity contribution is -0.133. The average Bonchev–Trinajstić information content (AvgIpc) is 3.03. The zero-order valence-corrected chi connectivity index (χ0v) is 16.1. The van der Waals surface area contributed by atoms with Crippen LogP contribution in [0.2, 0.25) is 0 Å². The van der Waals surface area contributed by atoms with Gasteiger partial charge in [0.25, 0.3) is 5.91 Å². The minimum absolute atomic E-state index is 0. The Kier molecular flexibility index (Phi) is 7.68. The third-order valence-corrected chi connectivity index (χ3v) is 5.57. The van der Waals surface area contributed by atoms with E-state index in [1.807, 2.05) is 24.0 Å². The van der Waals surface area contributed by atoms with Crippen molar-refractivity contribution in [3.8, 4) is 0 Å². The highest BCUT2D eigenvalue weighted by Gasteiger charge is 2.26. The Morgan fingerprint density at radius 2 is 2.12 bits per heavy atom. The first-order valence-corrected chi connectivity index (χ1v) is 9.39. The van der Waals surface area contributed by atoms with E-state index in [4.69, 9.17) is 4.74 Å². The summed E-state index contributed by atoms with van der Waals surface area (Å²) < 4.78 is 5.40. The second kappa shape index (κ2) is 9.52. The average molecular weight is 388 g/mol. The molecule has 25 heavy (non-hydrogen) atoms. The Morgan fingerprint density at radius 1 is 1.36 bits per heavy atom. The van der Waals surface area contributed by atoms with Gasteiger partial charge >= 0.3 is 0 Å². The molecular weight excluding hydrogens is 362 g/mol. The molecule has 0 aromatic carbocycles. The normalized spacial score (nSPS) is 21.5. The molecular formula is C17H26ClN3O3S. The maximum atomic E-state index is 12.4. The van der Waals surface area contributed by atoms with Crippen LogP contribution < -0.4 is 10.6 Å². The summed E-state index contributed by atoms with van der Waals surface area (Å²) in [5.74, 6) is 0.179. The Labute approximate surface area is 158 Å². The lowest BCUT2D eigenvalue weighted by Gasteiger charge is -2.33. The van der Waals surface area contributed by atoms with Crippen molar-refractivity contribution in [2.45, 2.75) is 38.3 Å². The molecule has 0 bridgehead atoms. The first-order chi connectivity index (χ1) is 11.6. The standard InChI is InChI=1S/C17H25N3O3S.ClH/c1-12-2-3-15(24-12)17(22)19-13-4-7-20(8-5-13)16(21)10-14-11-23-9-6-18-14;/h2-3,13-14,18H,4-11H2,1H3,(H,19,22);1H. The molecule has 1 aromatic heterocycles. The fourth-order valence-corrected chi connectivity index (χ4v) is 3.95. The van der Waals surface area contributed by atoms with Crippen LogP contribution in [0, 0.1) is 6.92 Å². The van der Waals surface area contributed by atoms with Gasteiger partial charge in [-0.1, -0.05) is 0 Å². The minimum atomic E-state index is 0. The number of amides is 2. The van der Waals surface area contributed by atoms with Crippen molar-refractivity contribution >= 4 is 35.6 Å². The number of hydrogen-bond donors (Lipinski definition) is 2. The quantitative estimate of drug-likeness (QED) is 0.822. The number of halogens is 1. The van der Waals surface area contributed by atoms with E-state index in [-0.39, 0.29) is 36.3 Å². The van der Waals surface area contributed by atoms with Gasteiger partial charge in [0, 0.05) is 43.0 Å². The van der Waals surface area contributed by atoms with Crippen LogP contribution in [-0.2, 0) is 9.53 Å². The number of morpholine rings is 1. The highest BCUT2D eigenvalue weighted by atomic mass is 35.5. The number of carbonyl (C=O) groups is 2. The molecule has 0 aliphatic carbocycles. The Balaban J connectivity index is 0.00000225. The van der Waals surface area contributed by atoms with Gasteiger partial charge in [-0.2, -0.15) is 0 Å². The van der Waals surface area contributed by atoms with Gasteiger partial charge in [0.1, 0.15) is 0 Å². The van der Waals surface area contributed by atoms with E-state index in [0.29, 0.717) is 26.1 Å². The van der Waals surface area contributed by atoms with E-state index in [1.165, 1.54) is 11.3 Å². The van der Waals surface area contributed by atoms with Crippen molar-refractivity contribution in [2.75, 3.05) is 32.8 Å². The molecule has 2 N–H and O–H groups in total. The molecule has 140 valence electrons. The van der Waals surface area contributed by atoms with Gasteiger partial charge in [-0.3, -0.25) is 9.59 Å². The highest BCUT2D eigenvalue weighted by Crippen LogP contribution is 2.17. The number of likely N-dealkylation sites (tertiary alicyclic amines) is 1. The van der Waals surface area contributed by atoms with Crippen LogP contribution in [0.15, 0.2) is 12.1 Å². The van der Waals surface area contributed by atoms with Crippen LogP contribution >= 0.6 is 23.7 Å². The third kappa shape index (κ3) is 5.67. The Morgan fingerprint density at radius 3 is 2.72 bits per heavy atom. The van der Waals surface area contributed by atoms with Crippen LogP contribution in [0.5, 0.6) is 0 Å². The fraction of sp³-hybridized carbons (Fsp3) is 0.647. The Bertz CT molecular complexity index is 581. The van der Waals surface area contributed by atoms with Crippen LogP contribution in [0.3, 0.4) is 0 Å². The molecule has 2 fully saturated rings. The van der Waals surface area contributed by atoms with Gasteiger partial charge in [0.2, 0.25) is 5.91 Å². The molecule has 1 aromatic rings. The van der Waals surface area contributed by atoms with E-state index in [2.05, 4.69) is 10.6 Å². The zero-order chi connectivity index (χ0) is 16.9. The predicted octanol–water partition coefficient (Wildman–Crippen LogP) is 1.58. The molecule has 3 rings (SSSR count). The predicted molar refractivity (Wildman–Crippen MR) is 101 cm³/mol. The first kappa shape index (κ1) is 20.2. The van der Waals surface area contributed by atoms with Gasteiger partial charge in [0.05, 0.1) is 18.1 Å². The molecule has 1 unspecified atom stereocenters. The summed E-state index contributed by atoms with van der Waals surface area (Å²) in [5, 5.41) is 6.41. The number of piperidine rings is 1. The van der Waals surface area contributed by atoms with Crippen molar-refractivity contribution in [1.29, 1.82) is 0 Å². The van der Waals surface area contributed by atoms with E-state index < -0.39 is 0 Å². The van der Waals surface area contributed by atoms with Gasteiger partial charge in [-0.25, -0.2) is 0 Å². The third-order valence-electron chi connectivity index (χ3n) is 4.57. The SMILES string of the molecule is Cc1ccc(C(=O)NC2CCN(C(=O)CC3COCCN3)CC2)s1.Cl. The summed E-state index contributed by atoms with van der Waals surface area (Å²) in [6, 6.07) is 4.11. The smallest absolute Gasteiger partial charge is 0.261 e. The number of thiophene rings is 1. The van der Waals surface area contributed by atoms with Crippen molar-refractivity contribution in [3.05, 3.63) is 21.9 Å². The second-order valence-corrected chi connectivity index (χ2v) is 7.76. The molecule has 2 aliphatic heterocycles. The number of hydrogen-bond acceptors (Lipinski definition) is 5. The van der Waals surface area contributed by atoms with Crippen LogP contribution in [0.25, 0.3) is 0 Å². The number of aryl methyl sites for hydroxylation is 1. The van der Waals surface area contributed by atoms with Crippen LogP contribution in [0.4, 0.5) is 0 Å². The number of nitrogens with zero attached hydrogens (tertiary/aromatic N) is 1. The molecule has 2 amide bonds. The molecule has 0 radical (unpaired) electrons. The number of carbonyl (C=O) groups excluding carboxylic acids is 2. The van der Waals surface area contributed by atoms with Gasteiger partial charge < -0.3 is 20.3 Å². The molecule has 2 aliphatic rings. The molecule has 3 heterocycles. The van der Waals surface area contributed by atoms with E-state index in [9.17, 15) is 9.59 Å². The lowest BCUT2D eigenvalue weighted by Crippen LogP contribution is -2.49. The maximum Gasteiger partial charge on any atom is 0.261 e. The maximum absolute atomic E-state index is 12.4. The number of rotatable bonds is 4. The minimum Gasteiger partial charge on any atom is -0.378 e. The van der Waals surface area contributed by atoms with Gasteiger partial charge in [-0.05, 0) is 31.9 Å². The molecule has 1 atom stereocenters. The van der Waals surface area contributed by atoms with Crippen molar-refractivity contribution in [1.82, 2.24) is 15.5 Å². The van der Waals surface area contributed by atoms with Crippen LogP contribution in [0.1, 0.15) is 33.8 Å². The van der Waals surface area contributed by atoms with Crippen molar-refractivity contribution < 1.29 is 14.3 Å². The van der Waals surface area contributed by atoms with E-state index in [0.717, 1.165) is 35.7 Å². The lowest BCUT2D eigenvalue weighted by atomic mass is 10.0. The van der Waals surface area contributed by atoms with E-state index in [1.54, 1.807) is 0 Å². The largest absolute Gasteiger partial charge is 0.378 e. The summed E-state index contributed by atoms with van der Waals surface area (Å²) in [7, 11) is 0. The molecule has 0 spiro atoms.